The van der Waals surface area contributed by atoms with Gasteiger partial charge in [0.15, 0.2) is 0 Å². The van der Waals surface area contributed by atoms with Gasteiger partial charge in [0.2, 0.25) is 0 Å². The number of nitrogens with zero attached hydrogens (tertiary/aromatic N) is 3. The van der Waals surface area contributed by atoms with Gasteiger partial charge in [-0.1, -0.05) is 23.4 Å². The monoisotopic (exact) mass is 259 g/mol. The minimum Gasteiger partial charge on any atom is -0.372 e. The number of nitrogens with one attached hydrogen (secondary N) is 1. The van der Waals surface area contributed by atoms with E-state index in [2.05, 4.69) is 33.9 Å². The number of rotatable bonds is 4. The van der Waals surface area contributed by atoms with Crippen molar-refractivity contribution in [2.75, 3.05) is 0 Å². The van der Waals surface area contributed by atoms with Gasteiger partial charge in [-0.25, -0.2) is 10.1 Å². The van der Waals surface area contributed by atoms with Crippen molar-refractivity contribution in [1.82, 2.24) is 20.4 Å². The minimum absolute atomic E-state index is 0.110. The summed E-state index contributed by atoms with van der Waals surface area (Å²) >= 11 is 0. The first kappa shape index (κ1) is 12.3. The summed E-state index contributed by atoms with van der Waals surface area (Å²) in [6.45, 7) is 4.17. The van der Waals surface area contributed by atoms with E-state index >= 15 is 0 Å². The first-order valence-corrected chi connectivity index (χ1v) is 6.37. The van der Waals surface area contributed by atoms with Gasteiger partial charge in [0.1, 0.15) is 0 Å². The van der Waals surface area contributed by atoms with E-state index in [0.29, 0.717) is 13.2 Å². The first-order valence-electron chi connectivity index (χ1n) is 6.37. The maximum absolute atomic E-state index is 5.71. The highest BCUT2D eigenvalue weighted by Crippen LogP contribution is 2.26. The van der Waals surface area contributed by atoms with Crippen molar-refractivity contribution in [2.24, 2.45) is 5.84 Å². The molecule has 6 heteroatoms. The molecule has 6 nitrogen and oxygen atoms in total. The third kappa shape index (κ3) is 2.14. The highest BCUT2D eigenvalue weighted by Gasteiger charge is 2.20. The van der Waals surface area contributed by atoms with E-state index in [1.165, 1.54) is 11.1 Å². The standard InChI is InChI=1S/C13H17N5O/c1-2-18-12(6-15-17-18)13(16-14)9-3-4-10-7-19-8-11(10)5-9/h3-6,13,16H,2,7-8,14H2,1H3. The third-order valence-electron chi connectivity index (χ3n) is 3.49. The number of aromatic nitrogens is 3. The summed E-state index contributed by atoms with van der Waals surface area (Å²) < 4.78 is 7.28. The molecule has 0 aliphatic carbocycles. The fourth-order valence-corrected chi connectivity index (χ4v) is 2.46. The van der Waals surface area contributed by atoms with Crippen molar-refractivity contribution < 1.29 is 4.74 Å². The molecular weight excluding hydrogens is 242 g/mol. The number of nitrogens with two attached hydrogens (primary N) is 1. The zero-order valence-electron chi connectivity index (χ0n) is 10.8. The van der Waals surface area contributed by atoms with E-state index in [1.807, 2.05) is 11.6 Å². The first-order chi connectivity index (χ1) is 9.33. The summed E-state index contributed by atoms with van der Waals surface area (Å²) in [7, 11) is 0. The Morgan fingerprint density at radius 2 is 2.26 bits per heavy atom. The Kier molecular flexibility index (Phi) is 3.29. The summed E-state index contributed by atoms with van der Waals surface area (Å²) in [5.41, 5.74) is 7.39. The summed E-state index contributed by atoms with van der Waals surface area (Å²) in [5, 5.41) is 8.00. The number of hydrazine groups is 1. The van der Waals surface area contributed by atoms with Gasteiger partial charge >= 0.3 is 0 Å². The van der Waals surface area contributed by atoms with Crippen LogP contribution in [0.15, 0.2) is 24.4 Å². The molecule has 0 amide bonds. The molecule has 1 aromatic heterocycles. The third-order valence-corrected chi connectivity index (χ3v) is 3.49. The second kappa shape index (κ2) is 5.08. The van der Waals surface area contributed by atoms with Crippen LogP contribution in [0.5, 0.6) is 0 Å². The summed E-state index contributed by atoms with van der Waals surface area (Å²) in [5.74, 6) is 5.71. The lowest BCUT2D eigenvalue weighted by Crippen LogP contribution is -2.30. The molecule has 1 unspecified atom stereocenters. The van der Waals surface area contributed by atoms with Crippen LogP contribution in [-0.4, -0.2) is 15.0 Å². The Balaban J connectivity index is 1.98. The highest BCUT2D eigenvalue weighted by molar-refractivity contribution is 5.37. The zero-order chi connectivity index (χ0) is 13.2. The van der Waals surface area contributed by atoms with E-state index < -0.39 is 0 Å². The van der Waals surface area contributed by atoms with Crippen LogP contribution in [0, 0.1) is 0 Å². The van der Waals surface area contributed by atoms with Crippen molar-refractivity contribution in [3.8, 4) is 0 Å². The van der Waals surface area contributed by atoms with Crippen molar-refractivity contribution in [3.63, 3.8) is 0 Å². The van der Waals surface area contributed by atoms with Crippen LogP contribution < -0.4 is 11.3 Å². The van der Waals surface area contributed by atoms with Crippen molar-refractivity contribution >= 4 is 0 Å². The number of hydrogen-bond donors (Lipinski definition) is 2. The minimum atomic E-state index is -0.110. The van der Waals surface area contributed by atoms with Crippen LogP contribution >= 0.6 is 0 Å². The van der Waals surface area contributed by atoms with Gasteiger partial charge in [0, 0.05) is 6.54 Å². The van der Waals surface area contributed by atoms with Crippen LogP contribution in [-0.2, 0) is 24.5 Å². The molecule has 0 saturated carbocycles. The number of ether oxygens (including phenoxy) is 1. The molecule has 2 aromatic rings. The molecule has 1 aliphatic heterocycles. The Bertz CT molecular complexity index is 580. The lowest BCUT2D eigenvalue weighted by molar-refractivity contribution is 0.134. The van der Waals surface area contributed by atoms with Crippen LogP contribution in [0.4, 0.5) is 0 Å². The van der Waals surface area contributed by atoms with E-state index in [1.54, 1.807) is 6.20 Å². The van der Waals surface area contributed by atoms with Gasteiger partial charge in [-0.15, -0.1) is 5.10 Å². The Labute approximate surface area is 111 Å². The normalized spacial score (nSPS) is 15.5. The summed E-state index contributed by atoms with van der Waals surface area (Å²) in [4.78, 5) is 0. The van der Waals surface area contributed by atoms with Gasteiger partial charge in [0.05, 0.1) is 31.1 Å². The zero-order valence-corrected chi connectivity index (χ0v) is 10.8. The van der Waals surface area contributed by atoms with Gasteiger partial charge in [-0.3, -0.25) is 5.84 Å². The summed E-state index contributed by atoms with van der Waals surface area (Å²) in [6, 6.07) is 6.20. The predicted octanol–water partition coefficient (Wildman–Crippen LogP) is 0.881. The predicted molar refractivity (Wildman–Crippen MR) is 69.8 cm³/mol. The molecular formula is C13H17N5O. The smallest absolute Gasteiger partial charge is 0.0894 e. The topological polar surface area (TPSA) is 78.0 Å². The largest absolute Gasteiger partial charge is 0.372 e. The average molecular weight is 259 g/mol. The second-order valence-corrected chi connectivity index (χ2v) is 4.60. The van der Waals surface area contributed by atoms with Crippen LogP contribution in [0.3, 0.4) is 0 Å². The van der Waals surface area contributed by atoms with Crippen molar-refractivity contribution in [2.45, 2.75) is 32.7 Å². The molecule has 19 heavy (non-hydrogen) atoms. The van der Waals surface area contributed by atoms with Crippen LogP contribution in [0.25, 0.3) is 0 Å². The molecule has 0 fully saturated rings. The molecule has 0 bridgehead atoms. The Morgan fingerprint density at radius 1 is 1.42 bits per heavy atom. The van der Waals surface area contributed by atoms with Crippen LogP contribution in [0.2, 0.25) is 0 Å². The molecule has 1 aromatic carbocycles. The Hall–Kier alpha value is -1.76. The quantitative estimate of drug-likeness (QED) is 0.629. The fraction of sp³-hybridized carbons (Fsp3) is 0.385. The van der Waals surface area contributed by atoms with E-state index in [0.717, 1.165) is 17.8 Å². The molecule has 100 valence electrons. The average Bonchev–Trinajstić information content (AvgIpc) is 3.07. The highest BCUT2D eigenvalue weighted by atomic mass is 16.5. The van der Waals surface area contributed by atoms with Gasteiger partial charge in [0.25, 0.3) is 0 Å². The van der Waals surface area contributed by atoms with E-state index in [9.17, 15) is 0 Å². The van der Waals surface area contributed by atoms with E-state index in [-0.39, 0.29) is 6.04 Å². The number of benzene rings is 1. The van der Waals surface area contributed by atoms with Gasteiger partial charge in [-0.05, 0) is 23.6 Å². The molecule has 0 spiro atoms. The van der Waals surface area contributed by atoms with E-state index in [4.69, 9.17) is 10.6 Å². The number of aryl methyl sites for hydroxylation is 1. The molecule has 3 rings (SSSR count). The summed E-state index contributed by atoms with van der Waals surface area (Å²) in [6.07, 6.45) is 1.75. The Morgan fingerprint density at radius 3 is 3.05 bits per heavy atom. The lowest BCUT2D eigenvalue weighted by atomic mass is 9.99. The molecule has 3 N–H and O–H groups in total. The molecule has 0 saturated heterocycles. The number of hydrogen-bond acceptors (Lipinski definition) is 5. The number of fused-ring (bicyclic) bond motifs is 1. The van der Waals surface area contributed by atoms with Crippen molar-refractivity contribution in [1.29, 1.82) is 0 Å². The van der Waals surface area contributed by atoms with Crippen molar-refractivity contribution in [3.05, 3.63) is 46.8 Å². The SMILES string of the molecule is CCn1nncc1C(NN)c1ccc2c(c1)COC2. The second-order valence-electron chi connectivity index (χ2n) is 4.60. The maximum Gasteiger partial charge on any atom is 0.0894 e. The molecule has 1 atom stereocenters. The molecule has 1 aliphatic rings. The van der Waals surface area contributed by atoms with Gasteiger partial charge < -0.3 is 4.74 Å². The van der Waals surface area contributed by atoms with Crippen LogP contribution in [0.1, 0.15) is 35.3 Å². The lowest BCUT2D eigenvalue weighted by Gasteiger charge is -2.17. The molecule has 0 radical (unpaired) electrons. The molecule has 2 heterocycles. The maximum atomic E-state index is 5.71. The fourth-order valence-electron chi connectivity index (χ4n) is 2.46. The van der Waals surface area contributed by atoms with Gasteiger partial charge in [-0.2, -0.15) is 0 Å².